The molecule has 1 aliphatic rings. The lowest BCUT2D eigenvalue weighted by molar-refractivity contribution is -0.149. The van der Waals surface area contributed by atoms with Crippen LogP contribution in [0.5, 0.6) is 5.75 Å². The number of benzene rings is 2. The lowest BCUT2D eigenvalue weighted by Crippen LogP contribution is -2.57. The molecule has 0 spiro atoms. The van der Waals surface area contributed by atoms with Gasteiger partial charge in [0.25, 0.3) is 5.91 Å². The first kappa shape index (κ1) is 15.8. The van der Waals surface area contributed by atoms with E-state index in [0.29, 0.717) is 29.4 Å². The third kappa shape index (κ3) is 3.46. The van der Waals surface area contributed by atoms with E-state index in [2.05, 4.69) is 0 Å². The number of aliphatic hydroxyl groups is 1. The standard InChI is InChI=1S/C17H15ClFNO3/c18-14-3-1-2-4-15(14)23-13-9-20(10-13)17(22)16(21)11-5-7-12(19)8-6-11/h1-8,13,16,21H,9-10H2. The Bertz CT molecular complexity index is 701. The Labute approximate surface area is 138 Å². The molecule has 1 N–H and O–H groups in total. The van der Waals surface area contributed by atoms with Gasteiger partial charge in [-0.05, 0) is 29.8 Å². The van der Waals surface area contributed by atoms with Gasteiger partial charge in [0, 0.05) is 0 Å². The van der Waals surface area contributed by atoms with Crippen molar-refractivity contribution in [1.29, 1.82) is 0 Å². The first-order chi connectivity index (χ1) is 11.0. The van der Waals surface area contributed by atoms with Crippen LogP contribution < -0.4 is 4.74 Å². The summed E-state index contributed by atoms with van der Waals surface area (Å²) >= 11 is 6.02. The summed E-state index contributed by atoms with van der Waals surface area (Å²) in [4.78, 5) is 13.7. The molecule has 0 bridgehead atoms. The molecule has 0 aliphatic carbocycles. The minimum atomic E-state index is -1.29. The smallest absolute Gasteiger partial charge is 0.256 e. The van der Waals surface area contributed by atoms with Gasteiger partial charge in [-0.1, -0.05) is 35.9 Å². The number of halogens is 2. The Morgan fingerprint density at radius 1 is 1.22 bits per heavy atom. The average Bonchev–Trinajstić information content (AvgIpc) is 2.51. The summed E-state index contributed by atoms with van der Waals surface area (Å²) in [5, 5.41) is 10.6. The Kier molecular flexibility index (Phi) is 4.50. The molecule has 2 aromatic carbocycles. The summed E-state index contributed by atoms with van der Waals surface area (Å²) in [5.74, 6) is -0.258. The highest BCUT2D eigenvalue weighted by Gasteiger charge is 2.35. The first-order valence-corrected chi connectivity index (χ1v) is 7.56. The zero-order valence-electron chi connectivity index (χ0n) is 12.2. The number of amides is 1. The van der Waals surface area contributed by atoms with E-state index < -0.39 is 17.8 Å². The number of rotatable bonds is 4. The molecule has 1 heterocycles. The van der Waals surface area contributed by atoms with E-state index in [9.17, 15) is 14.3 Å². The second-order valence-corrected chi connectivity index (χ2v) is 5.77. The van der Waals surface area contributed by atoms with Crippen LogP contribution in [0.4, 0.5) is 4.39 Å². The fourth-order valence-electron chi connectivity index (χ4n) is 2.37. The zero-order chi connectivity index (χ0) is 16.4. The van der Waals surface area contributed by atoms with E-state index in [-0.39, 0.29) is 6.10 Å². The summed E-state index contributed by atoms with van der Waals surface area (Å²) in [5.41, 5.74) is 0.367. The minimum absolute atomic E-state index is 0.153. The third-order valence-electron chi connectivity index (χ3n) is 3.71. The lowest BCUT2D eigenvalue weighted by atomic mass is 10.1. The molecule has 2 aromatic rings. The first-order valence-electron chi connectivity index (χ1n) is 7.18. The molecule has 23 heavy (non-hydrogen) atoms. The van der Waals surface area contributed by atoms with Crippen molar-refractivity contribution in [3.8, 4) is 5.75 Å². The van der Waals surface area contributed by atoms with Gasteiger partial charge in [-0.15, -0.1) is 0 Å². The second kappa shape index (κ2) is 6.56. The van der Waals surface area contributed by atoms with Crippen molar-refractivity contribution in [3.05, 3.63) is 64.9 Å². The van der Waals surface area contributed by atoms with Gasteiger partial charge < -0.3 is 14.7 Å². The highest BCUT2D eigenvalue weighted by Crippen LogP contribution is 2.27. The van der Waals surface area contributed by atoms with Gasteiger partial charge in [0.2, 0.25) is 0 Å². The van der Waals surface area contributed by atoms with Crippen LogP contribution in [0.1, 0.15) is 11.7 Å². The van der Waals surface area contributed by atoms with Gasteiger partial charge in [-0.25, -0.2) is 4.39 Å². The number of hydrogen-bond donors (Lipinski definition) is 1. The third-order valence-corrected chi connectivity index (χ3v) is 4.02. The normalized spacial score (nSPS) is 15.9. The molecular formula is C17H15ClFNO3. The van der Waals surface area contributed by atoms with Crippen molar-refractivity contribution in [2.45, 2.75) is 12.2 Å². The average molecular weight is 336 g/mol. The predicted octanol–water partition coefficient (Wildman–Crippen LogP) is 2.80. The monoisotopic (exact) mass is 335 g/mol. The summed E-state index contributed by atoms with van der Waals surface area (Å²) in [7, 11) is 0. The number of nitrogens with zero attached hydrogens (tertiary/aromatic N) is 1. The van der Waals surface area contributed by atoms with Crippen molar-refractivity contribution < 1.29 is 19.0 Å². The van der Waals surface area contributed by atoms with E-state index in [1.807, 2.05) is 12.1 Å². The Morgan fingerprint density at radius 2 is 1.87 bits per heavy atom. The number of likely N-dealkylation sites (tertiary alicyclic amines) is 1. The predicted molar refractivity (Wildman–Crippen MR) is 83.8 cm³/mol. The number of carbonyl (C=O) groups excluding carboxylic acids is 1. The van der Waals surface area contributed by atoms with Gasteiger partial charge >= 0.3 is 0 Å². The Morgan fingerprint density at radius 3 is 2.52 bits per heavy atom. The number of aliphatic hydroxyl groups excluding tert-OH is 1. The second-order valence-electron chi connectivity index (χ2n) is 5.37. The van der Waals surface area contributed by atoms with E-state index >= 15 is 0 Å². The molecule has 1 saturated heterocycles. The van der Waals surface area contributed by atoms with Crippen molar-refractivity contribution in [2.24, 2.45) is 0 Å². The fourth-order valence-corrected chi connectivity index (χ4v) is 2.55. The van der Waals surface area contributed by atoms with Crippen LogP contribution >= 0.6 is 11.6 Å². The van der Waals surface area contributed by atoms with E-state index in [4.69, 9.17) is 16.3 Å². The fraction of sp³-hybridized carbons (Fsp3) is 0.235. The van der Waals surface area contributed by atoms with E-state index in [1.54, 1.807) is 12.1 Å². The highest BCUT2D eigenvalue weighted by atomic mass is 35.5. The highest BCUT2D eigenvalue weighted by molar-refractivity contribution is 6.32. The van der Waals surface area contributed by atoms with Crippen LogP contribution in [0, 0.1) is 5.82 Å². The molecule has 120 valence electrons. The molecule has 0 saturated carbocycles. The SMILES string of the molecule is O=C(C(O)c1ccc(F)cc1)N1CC(Oc2ccccc2Cl)C1. The molecule has 1 atom stereocenters. The molecule has 0 radical (unpaired) electrons. The molecule has 6 heteroatoms. The summed E-state index contributed by atoms with van der Waals surface area (Å²) in [6.45, 7) is 0.755. The van der Waals surface area contributed by atoms with Gasteiger partial charge in [0.05, 0.1) is 18.1 Å². The summed E-state index contributed by atoms with van der Waals surface area (Å²) in [6.07, 6.45) is -1.45. The van der Waals surface area contributed by atoms with Gasteiger partial charge in [-0.3, -0.25) is 4.79 Å². The lowest BCUT2D eigenvalue weighted by Gasteiger charge is -2.40. The maximum atomic E-state index is 12.9. The van der Waals surface area contributed by atoms with Gasteiger partial charge in [0.15, 0.2) is 6.10 Å². The van der Waals surface area contributed by atoms with Crippen molar-refractivity contribution in [1.82, 2.24) is 4.90 Å². The van der Waals surface area contributed by atoms with Crippen LogP contribution in [-0.4, -0.2) is 35.1 Å². The van der Waals surface area contributed by atoms with Crippen LogP contribution in [-0.2, 0) is 4.79 Å². The van der Waals surface area contributed by atoms with Crippen LogP contribution in [0.2, 0.25) is 5.02 Å². The summed E-state index contributed by atoms with van der Waals surface area (Å²) < 4.78 is 18.6. The molecule has 0 aromatic heterocycles. The zero-order valence-corrected chi connectivity index (χ0v) is 12.9. The largest absolute Gasteiger partial charge is 0.485 e. The Balaban J connectivity index is 1.55. The van der Waals surface area contributed by atoms with Gasteiger partial charge in [0.1, 0.15) is 17.7 Å². The molecule has 1 unspecified atom stereocenters. The quantitative estimate of drug-likeness (QED) is 0.934. The van der Waals surface area contributed by atoms with Crippen LogP contribution in [0.3, 0.4) is 0 Å². The molecule has 1 fully saturated rings. The van der Waals surface area contributed by atoms with Crippen molar-refractivity contribution >= 4 is 17.5 Å². The minimum Gasteiger partial charge on any atom is -0.485 e. The van der Waals surface area contributed by atoms with Crippen LogP contribution in [0.15, 0.2) is 48.5 Å². The molecule has 3 rings (SSSR count). The number of para-hydroxylation sites is 1. The number of carbonyl (C=O) groups is 1. The maximum absolute atomic E-state index is 12.9. The van der Waals surface area contributed by atoms with Crippen molar-refractivity contribution in [2.75, 3.05) is 13.1 Å². The molecule has 4 nitrogen and oxygen atoms in total. The van der Waals surface area contributed by atoms with Gasteiger partial charge in [-0.2, -0.15) is 0 Å². The molecule has 1 amide bonds. The van der Waals surface area contributed by atoms with E-state index in [1.165, 1.54) is 29.2 Å². The van der Waals surface area contributed by atoms with E-state index in [0.717, 1.165) is 0 Å². The molecular weight excluding hydrogens is 321 g/mol. The number of ether oxygens (including phenoxy) is 1. The topological polar surface area (TPSA) is 49.8 Å². The summed E-state index contributed by atoms with van der Waals surface area (Å²) in [6, 6.07) is 12.4. The molecule has 1 aliphatic heterocycles. The van der Waals surface area contributed by atoms with Crippen molar-refractivity contribution in [3.63, 3.8) is 0 Å². The van der Waals surface area contributed by atoms with Crippen LogP contribution in [0.25, 0.3) is 0 Å². The Hall–Kier alpha value is -2.11. The maximum Gasteiger partial charge on any atom is 0.256 e. The number of hydrogen-bond acceptors (Lipinski definition) is 3.